The van der Waals surface area contributed by atoms with Crippen molar-refractivity contribution in [1.82, 2.24) is 0 Å². The first kappa shape index (κ1) is 9.83. The fourth-order valence-corrected chi connectivity index (χ4v) is 1.02. The Labute approximate surface area is 68.4 Å². The van der Waals surface area contributed by atoms with Crippen LogP contribution in [-0.2, 0) is 0 Å². The first-order valence-electron chi connectivity index (χ1n) is 3.59. The van der Waals surface area contributed by atoms with Gasteiger partial charge < -0.3 is 0 Å². The molecule has 0 aromatic rings. The Kier molecular flexibility index (Phi) is 5.51. The monoisotopic (exact) mass is 156 g/mol. The van der Waals surface area contributed by atoms with Gasteiger partial charge in [-0.1, -0.05) is 32.1 Å². The summed E-state index contributed by atoms with van der Waals surface area (Å²) < 4.78 is 0. The van der Waals surface area contributed by atoms with E-state index < -0.39 is 0 Å². The molecule has 58 valence electrons. The number of hydrogen-bond acceptors (Lipinski definition) is 1. The van der Waals surface area contributed by atoms with Crippen molar-refractivity contribution in [1.29, 1.82) is 0 Å². The zero-order valence-corrected chi connectivity index (χ0v) is 8.03. The Morgan fingerprint density at radius 3 is 2.30 bits per heavy atom. The van der Waals surface area contributed by atoms with Gasteiger partial charge in [-0.25, -0.2) is 0 Å². The van der Waals surface area contributed by atoms with Crippen LogP contribution in [-0.4, -0.2) is 6.26 Å². The molecule has 0 N–H and O–H groups in total. The summed E-state index contributed by atoms with van der Waals surface area (Å²) in [5, 5.41) is 0. The average Bonchev–Trinajstić information content (AvgIpc) is 1.90. The maximum absolute atomic E-state index is 2.21. The van der Waals surface area contributed by atoms with Crippen molar-refractivity contribution in [3.05, 3.63) is 23.1 Å². The van der Waals surface area contributed by atoms with Gasteiger partial charge in [0.05, 0.1) is 0 Å². The van der Waals surface area contributed by atoms with Gasteiger partial charge in [-0.05, 0) is 19.1 Å². The molecule has 0 spiro atoms. The molecule has 0 aromatic heterocycles. The maximum Gasteiger partial charge on any atom is 0.00233 e. The van der Waals surface area contributed by atoms with E-state index in [1.165, 1.54) is 4.91 Å². The Hall–Kier alpha value is -0.170. The first-order valence-corrected chi connectivity index (χ1v) is 4.81. The molecule has 0 aliphatic rings. The van der Waals surface area contributed by atoms with Gasteiger partial charge in [0.1, 0.15) is 0 Å². The van der Waals surface area contributed by atoms with Gasteiger partial charge in [-0.3, -0.25) is 0 Å². The molecule has 0 aliphatic carbocycles. The normalized spacial score (nSPS) is 13.5. The van der Waals surface area contributed by atoms with Crippen molar-refractivity contribution in [2.24, 2.45) is 5.92 Å². The van der Waals surface area contributed by atoms with E-state index in [1.54, 1.807) is 11.8 Å². The Morgan fingerprint density at radius 2 is 2.00 bits per heavy atom. The highest BCUT2D eigenvalue weighted by molar-refractivity contribution is 8.02. The third kappa shape index (κ3) is 4.68. The predicted octanol–water partition coefficient (Wildman–Crippen LogP) is 3.47. The lowest BCUT2D eigenvalue weighted by atomic mass is 10.2. The summed E-state index contributed by atoms with van der Waals surface area (Å²) in [4.78, 5) is 1.34. The van der Waals surface area contributed by atoms with E-state index in [0.29, 0.717) is 5.92 Å². The molecule has 0 bridgehead atoms. The van der Waals surface area contributed by atoms with Crippen LogP contribution in [0.25, 0.3) is 0 Å². The number of allylic oxidation sites excluding steroid dienone is 3. The standard InChI is InChI=1S/C9H16S/c1-5-9(10-4)7-6-8(2)3/h5-8H,1-4H3. The van der Waals surface area contributed by atoms with E-state index in [4.69, 9.17) is 0 Å². The van der Waals surface area contributed by atoms with E-state index in [2.05, 4.69) is 45.3 Å². The van der Waals surface area contributed by atoms with E-state index in [9.17, 15) is 0 Å². The van der Waals surface area contributed by atoms with Crippen LogP contribution < -0.4 is 0 Å². The summed E-state index contributed by atoms with van der Waals surface area (Å²) in [5.74, 6) is 0.655. The van der Waals surface area contributed by atoms with Crippen molar-refractivity contribution in [2.45, 2.75) is 20.8 Å². The number of thioether (sulfide) groups is 1. The van der Waals surface area contributed by atoms with E-state index >= 15 is 0 Å². The molecule has 0 heterocycles. The lowest BCUT2D eigenvalue weighted by Crippen LogP contribution is -1.77. The Balaban J connectivity index is 3.86. The molecule has 0 radical (unpaired) electrons. The van der Waals surface area contributed by atoms with Gasteiger partial charge in [0.15, 0.2) is 0 Å². The Morgan fingerprint density at radius 1 is 1.40 bits per heavy atom. The summed E-state index contributed by atoms with van der Waals surface area (Å²) in [6.45, 7) is 6.44. The molecule has 0 fully saturated rings. The van der Waals surface area contributed by atoms with Gasteiger partial charge in [-0.15, -0.1) is 11.8 Å². The lowest BCUT2D eigenvalue weighted by Gasteiger charge is -1.95. The van der Waals surface area contributed by atoms with Crippen molar-refractivity contribution in [2.75, 3.05) is 6.26 Å². The second kappa shape index (κ2) is 5.60. The molecule has 0 nitrogen and oxygen atoms in total. The van der Waals surface area contributed by atoms with E-state index in [-0.39, 0.29) is 0 Å². The van der Waals surface area contributed by atoms with Crippen LogP contribution in [0.15, 0.2) is 23.1 Å². The molecule has 0 amide bonds. The number of hydrogen-bond donors (Lipinski definition) is 0. The summed E-state index contributed by atoms with van der Waals surface area (Å²) >= 11 is 1.79. The molecule has 1 heteroatoms. The Bertz CT molecular complexity index is 132. The van der Waals surface area contributed by atoms with Crippen LogP contribution in [0.3, 0.4) is 0 Å². The summed E-state index contributed by atoms with van der Waals surface area (Å²) in [5.41, 5.74) is 0. The molecule has 0 unspecified atom stereocenters. The lowest BCUT2D eigenvalue weighted by molar-refractivity contribution is 0.831. The van der Waals surface area contributed by atoms with Crippen LogP contribution in [0.2, 0.25) is 0 Å². The minimum absolute atomic E-state index is 0.655. The second-order valence-electron chi connectivity index (χ2n) is 2.50. The summed E-state index contributed by atoms with van der Waals surface area (Å²) in [7, 11) is 0. The molecule has 0 atom stereocenters. The summed E-state index contributed by atoms with van der Waals surface area (Å²) in [6, 6.07) is 0. The molecule has 0 aromatic carbocycles. The number of rotatable bonds is 3. The van der Waals surface area contributed by atoms with Crippen molar-refractivity contribution in [3.8, 4) is 0 Å². The quantitative estimate of drug-likeness (QED) is 0.564. The fraction of sp³-hybridized carbons (Fsp3) is 0.556. The third-order valence-electron chi connectivity index (χ3n) is 1.17. The molecular weight excluding hydrogens is 140 g/mol. The van der Waals surface area contributed by atoms with Gasteiger partial charge >= 0.3 is 0 Å². The first-order chi connectivity index (χ1) is 4.70. The zero-order valence-electron chi connectivity index (χ0n) is 7.22. The van der Waals surface area contributed by atoms with Crippen molar-refractivity contribution < 1.29 is 0 Å². The van der Waals surface area contributed by atoms with E-state index in [1.807, 2.05) is 0 Å². The van der Waals surface area contributed by atoms with E-state index in [0.717, 1.165) is 0 Å². The molecule has 10 heavy (non-hydrogen) atoms. The van der Waals surface area contributed by atoms with Gasteiger partial charge in [0, 0.05) is 4.91 Å². The third-order valence-corrected chi connectivity index (χ3v) is 2.01. The smallest absolute Gasteiger partial charge is 0.00233 e. The van der Waals surface area contributed by atoms with Crippen LogP contribution in [0.5, 0.6) is 0 Å². The van der Waals surface area contributed by atoms with Gasteiger partial charge in [-0.2, -0.15) is 0 Å². The highest BCUT2D eigenvalue weighted by atomic mass is 32.2. The minimum atomic E-state index is 0.655. The van der Waals surface area contributed by atoms with Crippen LogP contribution in [0.4, 0.5) is 0 Å². The predicted molar refractivity (Wildman–Crippen MR) is 51.3 cm³/mol. The SMILES string of the molecule is CC=C(C=CC(C)C)SC. The largest absolute Gasteiger partial charge is 0.130 e. The summed E-state index contributed by atoms with van der Waals surface area (Å²) in [6.07, 6.45) is 8.62. The highest BCUT2D eigenvalue weighted by Crippen LogP contribution is 2.13. The van der Waals surface area contributed by atoms with Crippen LogP contribution in [0.1, 0.15) is 20.8 Å². The molecule has 0 rings (SSSR count). The highest BCUT2D eigenvalue weighted by Gasteiger charge is 1.86. The van der Waals surface area contributed by atoms with Gasteiger partial charge in [0.2, 0.25) is 0 Å². The van der Waals surface area contributed by atoms with Crippen LogP contribution >= 0.6 is 11.8 Å². The fourth-order valence-electron chi connectivity index (χ4n) is 0.569. The zero-order chi connectivity index (χ0) is 7.98. The van der Waals surface area contributed by atoms with Crippen LogP contribution in [0, 0.1) is 5.92 Å². The maximum atomic E-state index is 2.21. The minimum Gasteiger partial charge on any atom is -0.130 e. The molecule has 0 saturated heterocycles. The second-order valence-corrected chi connectivity index (χ2v) is 3.38. The van der Waals surface area contributed by atoms with Gasteiger partial charge in [0.25, 0.3) is 0 Å². The molecule has 0 saturated carbocycles. The molecular formula is C9H16S. The van der Waals surface area contributed by atoms with Crippen molar-refractivity contribution >= 4 is 11.8 Å². The topological polar surface area (TPSA) is 0 Å². The van der Waals surface area contributed by atoms with Crippen molar-refractivity contribution in [3.63, 3.8) is 0 Å². The average molecular weight is 156 g/mol. The molecule has 0 aliphatic heterocycles.